The molecule has 0 aliphatic rings. The number of unbranched alkanes of at least 4 members (excludes halogenated alkanes) is 30. The van der Waals surface area contributed by atoms with Gasteiger partial charge < -0.3 is 14.2 Å². The normalized spacial score (nSPS) is 12.6. The van der Waals surface area contributed by atoms with Gasteiger partial charge in [-0.3, -0.25) is 14.4 Å². The molecule has 398 valence electrons. The third-order valence-electron chi connectivity index (χ3n) is 12.7. The molecule has 0 spiro atoms. The van der Waals surface area contributed by atoms with E-state index in [1.165, 1.54) is 173 Å². The van der Waals surface area contributed by atoms with Gasteiger partial charge in [-0.15, -0.1) is 0 Å². The Balaban J connectivity index is 4.46. The van der Waals surface area contributed by atoms with E-state index >= 15 is 0 Å². The van der Waals surface area contributed by atoms with E-state index in [4.69, 9.17) is 14.2 Å². The van der Waals surface area contributed by atoms with Crippen LogP contribution in [0.4, 0.5) is 0 Å². The molecule has 0 fully saturated rings. The van der Waals surface area contributed by atoms with E-state index in [9.17, 15) is 14.4 Å². The maximum atomic E-state index is 12.8. The van der Waals surface area contributed by atoms with Crippen LogP contribution in [0.1, 0.15) is 290 Å². The van der Waals surface area contributed by atoms with Crippen molar-refractivity contribution in [2.75, 3.05) is 13.2 Å². The molecule has 0 aromatic carbocycles. The van der Waals surface area contributed by atoms with E-state index in [2.05, 4.69) is 93.7 Å². The minimum Gasteiger partial charge on any atom is -0.462 e. The van der Waals surface area contributed by atoms with Crippen molar-refractivity contribution < 1.29 is 28.6 Å². The topological polar surface area (TPSA) is 78.9 Å². The zero-order valence-electron chi connectivity index (χ0n) is 45.6. The first kappa shape index (κ1) is 65.8. The molecule has 6 heteroatoms. The van der Waals surface area contributed by atoms with Crippen LogP contribution in [0.15, 0.2) is 72.9 Å². The van der Waals surface area contributed by atoms with E-state index in [0.29, 0.717) is 19.3 Å². The van der Waals surface area contributed by atoms with Crippen molar-refractivity contribution in [3.63, 3.8) is 0 Å². The van der Waals surface area contributed by atoms with Gasteiger partial charge in [0.05, 0.1) is 0 Å². The van der Waals surface area contributed by atoms with Crippen molar-refractivity contribution in [1.82, 2.24) is 0 Å². The summed E-state index contributed by atoms with van der Waals surface area (Å²) in [4.78, 5) is 38.2. The summed E-state index contributed by atoms with van der Waals surface area (Å²) < 4.78 is 16.8. The highest BCUT2D eigenvalue weighted by Crippen LogP contribution is 2.15. The lowest BCUT2D eigenvalue weighted by molar-refractivity contribution is -0.167. The molecule has 0 aliphatic heterocycles. The van der Waals surface area contributed by atoms with Gasteiger partial charge in [0.2, 0.25) is 0 Å². The summed E-state index contributed by atoms with van der Waals surface area (Å²) in [5, 5.41) is 0. The highest BCUT2D eigenvalue weighted by Gasteiger charge is 2.19. The van der Waals surface area contributed by atoms with Gasteiger partial charge in [0.25, 0.3) is 0 Å². The molecule has 0 aromatic rings. The molecule has 69 heavy (non-hydrogen) atoms. The van der Waals surface area contributed by atoms with Gasteiger partial charge in [0, 0.05) is 19.3 Å². The van der Waals surface area contributed by atoms with Gasteiger partial charge in [-0.2, -0.15) is 0 Å². The highest BCUT2D eigenvalue weighted by atomic mass is 16.6. The fourth-order valence-corrected chi connectivity index (χ4v) is 8.19. The molecule has 0 saturated carbocycles. The van der Waals surface area contributed by atoms with Gasteiger partial charge in [0.15, 0.2) is 6.10 Å². The third-order valence-corrected chi connectivity index (χ3v) is 12.7. The van der Waals surface area contributed by atoms with E-state index < -0.39 is 6.10 Å². The molecule has 0 unspecified atom stereocenters. The molecule has 0 radical (unpaired) electrons. The van der Waals surface area contributed by atoms with Gasteiger partial charge >= 0.3 is 17.9 Å². The summed E-state index contributed by atoms with van der Waals surface area (Å²) in [5.41, 5.74) is 0. The molecular weight excluding hydrogens is 853 g/mol. The Hall–Kier alpha value is -3.15. The van der Waals surface area contributed by atoms with Crippen LogP contribution in [0.2, 0.25) is 0 Å². The molecule has 0 rings (SSSR count). The first-order valence-electron chi connectivity index (χ1n) is 29.4. The minimum atomic E-state index is -0.809. The summed E-state index contributed by atoms with van der Waals surface area (Å²) in [6.45, 7) is 6.57. The fourth-order valence-electron chi connectivity index (χ4n) is 8.19. The molecule has 0 N–H and O–H groups in total. The smallest absolute Gasteiger partial charge is 0.306 e. The van der Waals surface area contributed by atoms with E-state index in [-0.39, 0.29) is 37.5 Å². The Bertz CT molecular complexity index is 1290. The molecule has 0 amide bonds. The summed E-state index contributed by atoms with van der Waals surface area (Å²) >= 11 is 0. The Kier molecular flexibility index (Phi) is 54.8. The van der Waals surface area contributed by atoms with Crippen LogP contribution in [0.5, 0.6) is 0 Å². The maximum absolute atomic E-state index is 12.8. The second kappa shape index (κ2) is 57.4. The van der Waals surface area contributed by atoms with Crippen molar-refractivity contribution in [2.45, 2.75) is 297 Å². The Labute approximate surface area is 427 Å². The lowest BCUT2D eigenvalue weighted by Crippen LogP contribution is -2.30. The van der Waals surface area contributed by atoms with Crippen molar-refractivity contribution in [3.05, 3.63) is 72.9 Å². The Morgan fingerprint density at radius 2 is 0.536 bits per heavy atom. The predicted octanol–water partition coefficient (Wildman–Crippen LogP) is 19.8. The van der Waals surface area contributed by atoms with Crippen molar-refractivity contribution in [2.24, 2.45) is 0 Å². The molecule has 0 saturated heterocycles. The SMILES string of the molecule is CCCCC/C=C\C/C=C\C/C=C\C/C=C\CCCC(=O)O[C@H](COC(=O)CCCCCCC/C=C\CCCCCCCC)COC(=O)CCCCCCCCC/C=C\CCCCCCCCCC. The minimum absolute atomic E-state index is 0.101. The number of carbonyl (C=O) groups excluding carboxylic acids is 3. The fraction of sp³-hybridized carbons (Fsp3) is 0.762. The highest BCUT2D eigenvalue weighted by molar-refractivity contribution is 5.71. The summed E-state index contributed by atoms with van der Waals surface area (Å²) in [6.07, 6.45) is 73.3. The lowest BCUT2D eigenvalue weighted by atomic mass is 10.1. The molecule has 1 atom stereocenters. The van der Waals surface area contributed by atoms with Crippen LogP contribution in [0.25, 0.3) is 0 Å². The second-order valence-corrected chi connectivity index (χ2v) is 19.5. The first-order chi connectivity index (χ1) is 34.0. The van der Waals surface area contributed by atoms with Crippen LogP contribution in [-0.2, 0) is 28.6 Å². The molecular formula is C63H110O6. The molecule has 0 aromatic heterocycles. The third kappa shape index (κ3) is 55.6. The van der Waals surface area contributed by atoms with Crippen LogP contribution in [0.3, 0.4) is 0 Å². The van der Waals surface area contributed by atoms with Crippen molar-refractivity contribution >= 4 is 17.9 Å². The number of carbonyl (C=O) groups is 3. The number of hydrogen-bond acceptors (Lipinski definition) is 6. The Morgan fingerprint density at radius 3 is 0.899 bits per heavy atom. The van der Waals surface area contributed by atoms with Gasteiger partial charge in [-0.1, -0.05) is 235 Å². The number of hydrogen-bond donors (Lipinski definition) is 0. The molecule has 0 heterocycles. The summed E-state index contributed by atoms with van der Waals surface area (Å²) in [6, 6.07) is 0. The summed E-state index contributed by atoms with van der Waals surface area (Å²) in [7, 11) is 0. The van der Waals surface area contributed by atoms with E-state index in [1.54, 1.807) is 0 Å². The summed E-state index contributed by atoms with van der Waals surface area (Å²) in [5.74, 6) is -0.962. The Morgan fingerprint density at radius 1 is 0.290 bits per heavy atom. The van der Waals surface area contributed by atoms with Crippen LogP contribution in [0, 0.1) is 0 Å². The molecule has 6 nitrogen and oxygen atoms in total. The molecule has 0 bridgehead atoms. The van der Waals surface area contributed by atoms with Crippen LogP contribution >= 0.6 is 0 Å². The van der Waals surface area contributed by atoms with Gasteiger partial charge in [-0.25, -0.2) is 0 Å². The number of esters is 3. The average molecular weight is 964 g/mol. The largest absolute Gasteiger partial charge is 0.462 e. The van der Waals surface area contributed by atoms with E-state index in [0.717, 1.165) is 70.6 Å². The lowest BCUT2D eigenvalue weighted by Gasteiger charge is -2.18. The number of ether oxygens (including phenoxy) is 3. The second-order valence-electron chi connectivity index (χ2n) is 19.5. The monoisotopic (exact) mass is 963 g/mol. The zero-order chi connectivity index (χ0) is 50.0. The number of allylic oxidation sites excluding steroid dienone is 12. The predicted molar refractivity (Wildman–Crippen MR) is 298 cm³/mol. The van der Waals surface area contributed by atoms with Crippen molar-refractivity contribution in [1.29, 1.82) is 0 Å². The van der Waals surface area contributed by atoms with Crippen LogP contribution < -0.4 is 0 Å². The van der Waals surface area contributed by atoms with Gasteiger partial charge in [0.1, 0.15) is 13.2 Å². The standard InChI is InChI=1S/C63H110O6/c1-4-7-10-13-16-19-22-25-28-30-31-33-35-38-41-44-47-50-53-56-62(65)68-59-60(58-67-61(64)55-52-49-46-43-40-37-34-27-24-21-18-15-12-9-6-3)69-63(66)57-54-51-48-45-42-39-36-32-29-26-23-20-17-14-11-8-5-2/h17,20,26-27,29-31,34,36,39,45,48,60H,4-16,18-19,21-25,28,32-33,35,37-38,40-44,46-47,49-59H2,1-3H3/b20-17-,29-26-,31-30-,34-27-,39-36-,48-45-/t60-/m1/s1. The molecule has 0 aliphatic carbocycles. The van der Waals surface area contributed by atoms with Gasteiger partial charge in [-0.05, 0) is 109 Å². The average Bonchev–Trinajstić information content (AvgIpc) is 3.35. The maximum Gasteiger partial charge on any atom is 0.306 e. The first-order valence-corrected chi connectivity index (χ1v) is 29.4. The van der Waals surface area contributed by atoms with Crippen LogP contribution in [-0.4, -0.2) is 37.2 Å². The van der Waals surface area contributed by atoms with E-state index in [1.807, 2.05) is 0 Å². The zero-order valence-corrected chi connectivity index (χ0v) is 45.6. The van der Waals surface area contributed by atoms with Crippen molar-refractivity contribution in [3.8, 4) is 0 Å². The quantitative estimate of drug-likeness (QED) is 0.0262. The number of rotatable bonds is 53.